The van der Waals surface area contributed by atoms with Crippen molar-refractivity contribution in [2.24, 2.45) is 0 Å². The van der Waals surface area contributed by atoms with E-state index in [-0.39, 0.29) is 0 Å². The topological polar surface area (TPSA) is 0 Å². The van der Waals surface area contributed by atoms with Gasteiger partial charge in [-0.3, -0.25) is 0 Å². The van der Waals surface area contributed by atoms with Gasteiger partial charge in [0.15, 0.2) is 0 Å². The monoisotopic (exact) mass is 165 g/mol. The smallest absolute Gasteiger partial charge is 0.108 e. The van der Waals surface area contributed by atoms with E-state index in [4.69, 9.17) is 0 Å². The maximum atomic E-state index is 12.3. The molecular weight excluding hydrogens is 151 g/mol. The van der Waals surface area contributed by atoms with Crippen LogP contribution in [0.4, 0.5) is 4.39 Å². The molecule has 1 unspecified atom stereocenters. The summed E-state index contributed by atoms with van der Waals surface area (Å²) in [6.07, 6.45) is 7.10. The first-order valence-electron chi connectivity index (χ1n) is 4.42. The second-order valence-corrected chi connectivity index (χ2v) is 3.08. The van der Waals surface area contributed by atoms with Crippen molar-refractivity contribution in [3.63, 3.8) is 0 Å². The minimum Gasteiger partial charge on any atom is -0.247 e. The fourth-order valence-electron chi connectivity index (χ4n) is 1.12. The number of allylic oxidation sites excluding steroid dienone is 2. The van der Waals surface area contributed by atoms with Crippen molar-refractivity contribution in [2.45, 2.75) is 38.8 Å². The van der Waals surface area contributed by atoms with Crippen LogP contribution in [0.1, 0.15) is 32.6 Å². The zero-order valence-electron chi connectivity index (χ0n) is 7.44. The second-order valence-electron chi connectivity index (χ2n) is 3.08. The lowest BCUT2D eigenvalue weighted by Crippen LogP contribution is -1.91. The van der Waals surface area contributed by atoms with Crippen molar-refractivity contribution in [1.29, 1.82) is 0 Å². The molecular formula is C11H14F. The third-order valence-corrected chi connectivity index (χ3v) is 1.78. The van der Waals surface area contributed by atoms with E-state index in [2.05, 4.69) is 24.3 Å². The molecule has 1 rings (SSSR count). The molecule has 1 aliphatic rings. The summed E-state index contributed by atoms with van der Waals surface area (Å²) in [5.41, 5.74) is 1.18. The first kappa shape index (κ1) is 9.32. The highest BCUT2D eigenvalue weighted by Crippen LogP contribution is 2.15. The van der Waals surface area contributed by atoms with Crippen LogP contribution in [-0.4, -0.2) is 6.17 Å². The largest absolute Gasteiger partial charge is 0.247 e. The van der Waals surface area contributed by atoms with E-state index in [0.29, 0.717) is 6.42 Å². The summed E-state index contributed by atoms with van der Waals surface area (Å²) in [5, 5.41) is 0. The van der Waals surface area contributed by atoms with Crippen molar-refractivity contribution >= 4 is 0 Å². The Labute approximate surface area is 73.9 Å². The third kappa shape index (κ3) is 3.57. The van der Waals surface area contributed by atoms with Crippen LogP contribution in [0.15, 0.2) is 11.6 Å². The molecule has 0 aliphatic heterocycles. The first-order valence-corrected chi connectivity index (χ1v) is 4.42. The average molecular weight is 165 g/mol. The van der Waals surface area contributed by atoms with Crippen LogP contribution in [0.25, 0.3) is 0 Å². The zero-order chi connectivity index (χ0) is 8.81. The lowest BCUT2D eigenvalue weighted by Gasteiger charge is -2.05. The Hall–Kier alpha value is -0.770. The minimum atomic E-state index is -0.798. The molecule has 0 saturated heterocycles. The van der Waals surface area contributed by atoms with E-state index in [9.17, 15) is 4.39 Å². The van der Waals surface area contributed by atoms with Gasteiger partial charge >= 0.3 is 0 Å². The number of hydrogen-bond donors (Lipinski definition) is 0. The molecule has 0 saturated carbocycles. The predicted molar refractivity (Wildman–Crippen MR) is 49.2 cm³/mol. The summed E-state index contributed by atoms with van der Waals surface area (Å²) in [5.74, 6) is 5.85. The number of alkyl halides is 1. The van der Waals surface area contributed by atoms with Crippen LogP contribution in [0.3, 0.4) is 0 Å². The maximum absolute atomic E-state index is 12.3. The molecule has 1 atom stereocenters. The van der Waals surface area contributed by atoms with Gasteiger partial charge in [-0.05, 0) is 38.2 Å². The Morgan fingerprint density at radius 3 is 3.08 bits per heavy atom. The van der Waals surface area contributed by atoms with E-state index >= 15 is 0 Å². The molecule has 0 nitrogen and oxygen atoms in total. The Morgan fingerprint density at radius 2 is 2.50 bits per heavy atom. The molecule has 65 valence electrons. The molecule has 0 spiro atoms. The Morgan fingerprint density at radius 1 is 1.67 bits per heavy atom. The van der Waals surface area contributed by atoms with Gasteiger partial charge in [0.25, 0.3) is 0 Å². The van der Waals surface area contributed by atoms with Gasteiger partial charge in [0.05, 0.1) is 0 Å². The van der Waals surface area contributed by atoms with Crippen LogP contribution in [0.2, 0.25) is 0 Å². The molecule has 0 bridgehead atoms. The van der Waals surface area contributed by atoms with E-state index in [1.165, 1.54) is 12.5 Å². The lowest BCUT2D eigenvalue weighted by atomic mass is 10.00. The Balaban J connectivity index is 2.36. The van der Waals surface area contributed by atoms with Gasteiger partial charge in [0.1, 0.15) is 6.17 Å². The van der Waals surface area contributed by atoms with Crippen LogP contribution in [0.5, 0.6) is 0 Å². The SMILES string of the molecule is CC(F)CC#CC1=CC[CH]CC1. The first-order chi connectivity index (χ1) is 5.79. The highest BCUT2D eigenvalue weighted by Gasteiger charge is 1.99. The molecule has 1 radical (unpaired) electrons. The molecule has 0 amide bonds. The average Bonchev–Trinajstić information content (AvgIpc) is 2.05. The summed E-state index contributed by atoms with van der Waals surface area (Å²) in [7, 11) is 0. The summed E-state index contributed by atoms with van der Waals surface area (Å²) in [4.78, 5) is 0. The van der Waals surface area contributed by atoms with Gasteiger partial charge in [-0.25, -0.2) is 4.39 Å². The number of hydrogen-bond acceptors (Lipinski definition) is 0. The van der Waals surface area contributed by atoms with E-state index in [1.54, 1.807) is 0 Å². The van der Waals surface area contributed by atoms with Gasteiger partial charge in [-0.15, -0.1) is 0 Å². The predicted octanol–water partition coefficient (Wildman–Crippen LogP) is 3.05. The highest BCUT2D eigenvalue weighted by atomic mass is 19.1. The normalized spacial score (nSPS) is 19.0. The van der Waals surface area contributed by atoms with Crippen molar-refractivity contribution in [3.05, 3.63) is 18.1 Å². The van der Waals surface area contributed by atoms with Crippen molar-refractivity contribution in [3.8, 4) is 11.8 Å². The second kappa shape index (κ2) is 4.98. The summed E-state index contributed by atoms with van der Waals surface area (Å²) >= 11 is 0. The fraction of sp³-hybridized carbons (Fsp3) is 0.545. The molecule has 0 fully saturated rings. The Bertz CT molecular complexity index is 215. The zero-order valence-corrected chi connectivity index (χ0v) is 7.44. The molecule has 12 heavy (non-hydrogen) atoms. The van der Waals surface area contributed by atoms with Crippen LogP contribution in [0, 0.1) is 18.3 Å². The van der Waals surface area contributed by atoms with Crippen LogP contribution in [-0.2, 0) is 0 Å². The quantitative estimate of drug-likeness (QED) is 0.524. The van der Waals surface area contributed by atoms with E-state index in [1.807, 2.05) is 0 Å². The molecule has 1 heteroatoms. The van der Waals surface area contributed by atoms with Gasteiger partial charge in [0.2, 0.25) is 0 Å². The highest BCUT2D eigenvalue weighted by molar-refractivity contribution is 5.30. The maximum Gasteiger partial charge on any atom is 0.108 e. The standard InChI is InChI=1S/C11H14F/c1-10(12)6-5-9-11-7-3-2-4-8-11/h2,7,10H,3-4,6,8H2,1H3. The summed E-state index contributed by atoms with van der Waals surface area (Å²) in [6, 6.07) is 0. The van der Waals surface area contributed by atoms with Crippen molar-refractivity contribution < 1.29 is 4.39 Å². The molecule has 0 aromatic rings. The minimum absolute atomic E-state index is 0.362. The molecule has 0 N–H and O–H groups in total. The molecule has 0 aromatic carbocycles. The molecule has 0 heterocycles. The van der Waals surface area contributed by atoms with Gasteiger partial charge < -0.3 is 0 Å². The molecule has 1 aliphatic carbocycles. The van der Waals surface area contributed by atoms with Crippen LogP contribution >= 0.6 is 0 Å². The lowest BCUT2D eigenvalue weighted by molar-refractivity contribution is 0.369. The van der Waals surface area contributed by atoms with E-state index in [0.717, 1.165) is 19.3 Å². The fourth-order valence-corrected chi connectivity index (χ4v) is 1.12. The Kier molecular flexibility index (Phi) is 3.87. The third-order valence-electron chi connectivity index (χ3n) is 1.78. The summed E-state index contributed by atoms with van der Waals surface area (Å²) in [6.45, 7) is 1.54. The van der Waals surface area contributed by atoms with Crippen molar-refractivity contribution in [1.82, 2.24) is 0 Å². The van der Waals surface area contributed by atoms with Gasteiger partial charge in [-0.2, -0.15) is 0 Å². The van der Waals surface area contributed by atoms with E-state index < -0.39 is 6.17 Å². The van der Waals surface area contributed by atoms with Crippen LogP contribution < -0.4 is 0 Å². The van der Waals surface area contributed by atoms with Crippen molar-refractivity contribution in [2.75, 3.05) is 0 Å². The molecule has 0 aromatic heterocycles. The number of rotatable bonds is 1. The number of halogens is 1. The van der Waals surface area contributed by atoms with Gasteiger partial charge in [-0.1, -0.05) is 17.9 Å². The summed E-state index contributed by atoms with van der Waals surface area (Å²) < 4.78 is 12.3. The van der Waals surface area contributed by atoms with Gasteiger partial charge in [0, 0.05) is 6.42 Å².